The minimum atomic E-state index is 0.676. The first-order chi connectivity index (χ1) is 7.20. The molecule has 0 unspecified atom stereocenters. The molecule has 0 radical (unpaired) electrons. The highest BCUT2D eigenvalue weighted by molar-refractivity contribution is 9.11. The van der Waals surface area contributed by atoms with E-state index in [0.29, 0.717) is 5.02 Å². The molecule has 0 amide bonds. The van der Waals surface area contributed by atoms with E-state index in [1.165, 1.54) is 11.3 Å². The van der Waals surface area contributed by atoms with Crippen molar-refractivity contribution in [3.05, 3.63) is 32.5 Å². The van der Waals surface area contributed by atoms with Gasteiger partial charge in [0.15, 0.2) is 3.92 Å². The lowest BCUT2D eigenvalue weighted by Gasteiger charge is -2.05. The van der Waals surface area contributed by atoms with E-state index >= 15 is 0 Å². The van der Waals surface area contributed by atoms with Crippen LogP contribution in [-0.2, 0) is 0 Å². The second-order valence-corrected chi connectivity index (χ2v) is 5.40. The molecule has 0 saturated heterocycles. The maximum absolute atomic E-state index is 5.94. The first-order valence-corrected chi connectivity index (χ1v) is 6.20. The van der Waals surface area contributed by atoms with Gasteiger partial charge in [-0.15, -0.1) is 11.3 Å². The van der Waals surface area contributed by atoms with Crippen LogP contribution in [0.1, 0.15) is 0 Å². The number of rotatable bonds is 2. The average Bonchev–Trinajstić information content (AvgIpc) is 2.65. The van der Waals surface area contributed by atoms with Gasteiger partial charge in [-0.05, 0) is 34.1 Å². The van der Waals surface area contributed by atoms with Gasteiger partial charge in [-0.25, -0.2) is 4.98 Å². The first-order valence-electron chi connectivity index (χ1n) is 4.15. The van der Waals surface area contributed by atoms with Crippen LogP contribution in [0.2, 0.25) is 5.02 Å². The quantitative estimate of drug-likeness (QED) is 0.828. The Morgan fingerprint density at radius 1 is 1.47 bits per heavy atom. The van der Waals surface area contributed by atoms with Crippen LogP contribution in [0, 0.1) is 0 Å². The zero-order valence-electron chi connectivity index (χ0n) is 7.83. The monoisotopic (exact) mass is 303 g/mol. The largest absolute Gasteiger partial charge is 0.496 e. The van der Waals surface area contributed by atoms with Crippen LogP contribution in [0.5, 0.6) is 5.75 Å². The summed E-state index contributed by atoms with van der Waals surface area (Å²) in [7, 11) is 1.63. The SMILES string of the molecule is COc1ccc(Cl)cc1-c1csc(Br)n1. The van der Waals surface area contributed by atoms with Crippen molar-refractivity contribution in [3.63, 3.8) is 0 Å². The predicted octanol–water partition coefficient (Wildman–Crippen LogP) is 4.23. The van der Waals surface area contributed by atoms with Gasteiger partial charge in [0.25, 0.3) is 0 Å². The summed E-state index contributed by atoms with van der Waals surface area (Å²) in [4.78, 5) is 4.33. The van der Waals surface area contributed by atoms with E-state index < -0.39 is 0 Å². The van der Waals surface area contributed by atoms with E-state index in [2.05, 4.69) is 20.9 Å². The summed E-state index contributed by atoms with van der Waals surface area (Å²) in [6.45, 7) is 0. The van der Waals surface area contributed by atoms with Crippen molar-refractivity contribution in [1.82, 2.24) is 4.98 Å². The summed E-state index contributed by atoms with van der Waals surface area (Å²) in [5.74, 6) is 0.775. The highest BCUT2D eigenvalue weighted by Gasteiger charge is 2.09. The standard InChI is InChI=1S/C10H7BrClNOS/c1-14-9-3-2-6(12)4-7(9)8-5-15-10(11)13-8/h2-5H,1H3. The van der Waals surface area contributed by atoms with Gasteiger partial charge in [-0.3, -0.25) is 0 Å². The molecule has 0 aliphatic heterocycles. The molecule has 0 saturated carbocycles. The lowest BCUT2D eigenvalue weighted by Crippen LogP contribution is -1.87. The number of ether oxygens (including phenoxy) is 1. The molecule has 2 nitrogen and oxygen atoms in total. The van der Waals surface area contributed by atoms with Crippen LogP contribution >= 0.6 is 38.9 Å². The summed E-state index contributed by atoms with van der Waals surface area (Å²) < 4.78 is 6.10. The van der Waals surface area contributed by atoms with Gasteiger partial charge < -0.3 is 4.74 Å². The Kier molecular flexibility index (Phi) is 3.29. The molecular formula is C10H7BrClNOS. The van der Waals surface area contributed by atoms with Crippen LogP contribution in [-0.4, -0.2) is 12.1 Å². The number of hydrogen-bond acceptors (Lipinski definition) is 3. The highest BCUT2D eigenvalue weighted by atomic mass is 79.9. The predicted molar refractivity (Wildman–Crippen MR) is 66.8 cm³/mol. The molecule has 0 atom stereocenters. The third-order valence-electron chi connectivity index (χ3n) is 1.91. The number of methoxy groups -OCH3 is 1. The fraction of sp³-hybridized carbons (Fsp3) is 0.100. The van der Waals surface area contributed by atoms with E-state index in [1.807, 2.05) is 17.5 Å². The Labute approximate surface area is 105 Å². The highest BCUT2D eigenvalue weighted by Crippen LogP contribution is 2.33. The number of nitrogens with zero attached hydrogens (tertiary/aromatic N) is 1. The molecule has 2 rings (SSSR count). The van der Waals surface area contributed by atoms with E-state index in [1.54, 1.807) is 13.2 Å². The summed E-state index contributed by atoms with van der Waals surface area (Å²) in [6.07, 6.45) is 0. The zero-order valence-corrected chi connectivity index (χ0v) is 11.0. The molecule has 78 valence electrons. The second-order valence-electron chi connectivity index (χ2n) is 2.83. The number of benzene rings is 1. The number of halogens is 2. The van der Waals surface area contributed by atoms with Crippen molar-refractivity contribution in [2.75, 3.05) is 7.11 Å². The summed E-state index contributed by atoms with van der Waals surface area (Å²) >= 11 is 10.8. The van der Waals surface area contributed by atoms with E-state index in [0.717, 1.165) is 20.9 Å². The molecule has 15 heavy (non-hydrogen) atoms. The minimum Gasteiger partial charge on any atom is -0.496 e. The number of hydrogen-bond donors (Lipinski definition) is 0. The van der Waals surface area contributed by atoms with Crippen molar-refractivity contribution in [3.8, 4) is 17.0 Å². The zero-order chi connectivity index (χ0) is 10.8. The van der Waals surface area contributed by atoms with Crippen LogP contribution in [0.25, 0.3) is 11.3 Å². The van der Waals surface area contributed by atoms with Crippen molar-refractivity contribution in [2.24, 2.45) is 0 Å². The molecule has 1 aromatic heterocycles. The molecule has 0 N–H and O–H groups in total. The van der Waals surface area contributed by atoms with Gasteiger partial charge in [0, 0.05) is 16.0 Å². The molecule has 0 aliphatic carbocycles. The van der Waals surface area contributed by atoms with Gasteiger partial charge in [0.05, 0.1) is 12.8 Å². The lowest BCUT2D eigenvalue weighted by atomic mass is 10.1. The third kappa shape index (κ3) is 2.33. The number of aromatic nitrogens is 1. The van der Waals surface area contributed by atoms with Crippen molar-refractivity contribution >= 4 is 38.9 Å². The van der Waals surface area contributed by atoms with Crippen LogP contribution < -0.4 is 4.74 Å². The molecule has 1 aromatic carbocycles. The Morgan fingerprint density at radius 3 is 2.87 bits per heavy atom. The van der Waals surface area contributed by atoms with Crippen LogP contribution in [0.15, 0.2) is 27.5 Å². The van der Waals surface area contributed by atoms with Crippen molar-refractivity contribution in [1.29, 1.82) is 0 Å². The van der Waals surface area contributed by atoms with Crippen LogP contribution in [0.4, 0.5) is 0 Å². The van der Waals surface area contributed by atoms with Gasteiger partial charge in [-0.2, -0.15) is 0 Å². The molecular weight excluding hydrogens is 298 g/mol. The Hall–Kier alpha value is -0.580. The molecule has 1 heterocycles. The van der Waals surface area contributed by atoms with E-state index in [-0.39, 0.29) is 0 Å². The van der Waals surface area contributed by atoms with E-state index in [4.69, 9.17) is 16.3 Å². The Balaban J connectivity index is 2.55. The average molecular weight is 305 g/mol. The van der Waals surface area contributed by atoms with Crippen LogP contribution in [0.3, 0.4) is 0 Å². The summed E-state index contributed by atoms with van der Waals surface area (Å²) in [5.41, 5.74) is 1.78. The fourth-order valence-electron chi connectivity index (χ4n) is 1.26. The molecule has 0 bridgehead atoms. The van der Waals surface area contributed by atoms with Crippen molar-refractivity contribution < 1.29 is 4.74 Å². The Morgan fingerprint density at radius 2 is 2.27 bits per heavy atom. The maximum atomic E-state index is 5.94. The van der Waals surface area contributed by atoms with Crippen molar-refractivity contribution in [2.45, 2.75) is 0 Å². The van der Waals surface area contributed by atoms with E-state index in [9.17, 15) is 0 Å². The van der Waals surface area contributed by atoms with Gasteiger partial charge >= 0.3 is 0 Å². The second kappa shape index (κ2) is 4.51. The van der Waals surface area contributed by atoms with Gasteiger partial charge in [-0.1, -0.05) is 11.6 Å². The number of thiazole rings is 1. The summed E-state index contributed by atoms with van der Waals surface area (Å²) in [6, 6.07) is 5.48. The molecule has 2 aromatic rings. The lowest BCUT2D eigenvalue weighted by molar-refractivity contribution is 0.416. The topological polar surface area (TPSA) is 22.1 Å². The van der Waals surface area contributed by atoms with Gasteiger partial charge in [0.1, 0.15) is 5.75 Å². The normalized spacial score (nSPS) is 10.3. The fourth-order valence-corrected chi connectivity index (χ4v) is 2.44. The first kappa shape index (κ1) is 10.9. The summed E-state index contributed by atoms with van der Waals surface area (Å²) in [5, 5.41) is 2.63. The van der Waals surface area contributed by atoms with Gasteiger partial charge in [0.2, 0.25) is 0 Å². The molecule has 0 aliphatic rings. The minimum absolute atomic E-state index is 0.676. The Bertz CT molecular complexity index is 486. The maximum Gasteiger partial charge on any atom is 0.159 e. The third-order valence-corrected chi connectivity index (χ3v) is 3.51. The molecule has 0 fully saturated rings. The molecule has 5 heteroatoms. The smallest absolute Gasteiger partial charge is 0.159 e. The molecule has 0 spiro atoms.